The Morgan fingerprint density at radius 2 is 2.20 bits per heavy atom. The monoisotopic (exact) mass is 272 g/mol. The van der Waals surface area contributed by atoms with Crippen molar-refractivity contribution in [2.75, 3.05) is 13.1 Å². The van der Waals surface area contributed by atoms with Crippen molar-refractivity contribution in [2.24, 2.45) is 5.92 Å². The molecule has 0 unspecified atom stereocenters. The normalized spacial score (nSPS) is 16.4. The highest BCUT2D eigenvalue weighted by atomic mass is 16.5. The van der Waals surface area contributed by atoms with Gasteiger partial charge >= 0.3 is 0 Å². The molecule has 0 saturated carbocycles. The second-order valence-electron chi connectivity index (χ2n) is 5.14. The number of carbonyl (C=O) groups is 1. The van der Waals surface area contributed by atoms with Gasteiger partial charge in [-0.1, -0.05) is 12.1 Å². The Kier molecular flexibility index (Phi) is 3.45. The maximum Gasteiger partial charge on any atom is 0.295 e. The minimum absolute atomic E-state index is 0.124. The first-order valence-corrected chi connectivity index (χ1v) is 6.77. The van der Waals surface area contributed by atoms with E-state index in [4.69, 9.17) is 4.52 Å². The van der Waals surface area contributed by atoms with Gasteiger partial charge in [0.2, 0.25) is 0 Å². The quantitative estimate of drug-likeness (QED) is 0.836. The summed E-state index contributed by atoms with van der Waals surface area (Å²) in [5, 5.41) is 3.78. The fraction of sp³-hybridized carbons (Fsp3) is 0.429. The van der Waals surface area contributed by atoms with Crippen molar-refractivity contribution in [1.82, 2.24) is 20.0 Å². The van der Waals surface area contributed by atoms with Gasteiger partial charge in [0.05, 0.1) is 5.56 Å². The van der Waals surface area contributed by atoms with Gasteiger partial charge in [-0.25, -0.2) is 0 Å². The smallest absolute Gasteiger partial charge is 0.295 e. The summed E-state index contributed by atoms with van der Waals surface area (Å²) in [4.78, 5) is 22.2. The third-order valence-corrected chi connectivity index (χ3v) is 3.60. The molecule has 3 rings (SSSR count). The minimum atomic E-state index is -0.157. The van der Waals surface area contributed by atoms with Crippen molar-refractivity contribution in [3.05, 3.63) is 30.4 Å². The first kappa shape index (κ1) is 12.8. The van der Waals surface area contributed by atoms with Crippen LogP contribution in [0, 0.1) is 5.92 Å². The molecule has 6 nitrogen and oxygen atoms in total. The Hall–Kier alpha value is -2.24. The van der Waals surface area contributed by atoms with E-state index in [0.717, 1.165) is 25.9 Å². The third kappa shape index (κ3) is 2.54. The molecule has 2 aromatic rings. The van der Waals surface area contributed by atoms with Crippen LogP contribution in [0.4, 0.5) is 0 Å². The summed E-state index contributed by atoms with van der Waals surface area (Å²) < 4.78 is 5.14. The lowest BCUT2D eigenvalue weighted by Crippen LogP contribution is -2.38. The number of amides is 1. The van der Waals surface area contributed by atoms with Crippen LogP contribution in [0.1, 0.15) is 30.4 Å². The summed E-state index contributed by atoms with van der Waals surface area (Å²) in [6.07, 6.45) is 5.35. The van der Waals surface area contributed by atoms with E-state index < -0.39 is 0 Å². The summed E-state index contributed by atoms with van der Waals surface area (Å²) in [6, 6.07) is 3.60. The minimum Gasteiger partial charge on any atom is -0.336 e. The molecule has 0 aromatic carbocycles. The van der Waals surface area contributed by atoms with Crippen molar-refractivity contribution < 1.29 is 9.32 Å². The Balaban J connectivity index is 1.75. The molecule has 1 saturated heterocycles. The van der Waals surface area contributed by atoms with Crippen molar-refractivity contribution in [1.29, 1.82) is 0 Å². The summed E-state index contributed by atoms with van der Waals surface area (Å²) in [6.45, 7) is 3.73. The number of likely N-dealkylation sites (tertiary alicyclic amines) is 1. The van der Waals surface area contributed by atoms with Crippen LogP contribution in [0.2, 0.25) is 0 Å². The van der Waals surface area contributed by atoms with Crippen LogP contribution in [0.3, 0.4) is 0 Å². The number of nitrogens with zero attached hydrogens (tertiary/aromatic N) is 4. The van der Waals surface area contributed by atoms with Gasteiger partial charge in [-0.3, -0.25) is 9.78 Å². The van der Waals surface area contributed by atoms with E-state index in [1.807, 2.05) is 6.07 Å². The molecule has 1 fully saturated rings. The van der Waals surface area contributed by atoms with Crippen LogP contribution in [0.25, 0.3) is 11.5 Å². The first-order valence-electron chi connectivity index (χ1n) is 6.77. The van der Waals surface area contributed by atoms with Gasteiger partial charge in [0, 0.05) is 25.5 Å². The van der Waals surface area contributed by atoms with E-state index in [1.54, 1.807) is 23.4 Å². The molecule has 0 atom stereocenters. The first-order chi connectivity index (χ1) is 9.74. The molecule has 0 aliphatic carbocycles. The molecule has 6 heteroatoms. The maximum atomic E-state index is 12.3. The highest BCUT2D eigenvalue weighted by molar-refractivity contribution is 5.90. The van der Waals surface area contributed by atoms with Crippen LogP contribution in [0.15, 0.2) is 29.0 Å². The lowest BCUT2D eigenvalue weighted by atomic mass is 9.99. The fourth-order valence-corrected chi connectivity index (χ4v) is 2.27. The average molecular weight is 272 g/mol. The molecule has 20 heavy (non-hydrogen) atoms. The summed E-state index contributed by atoms with van der Waals surface area (Å²) in [5.74, 6) is 0.969. The van der Waals surface area contributed by atoms with Crippen LogP contribution < -0.4 is 0 Å². The van der Waals surface area contributed by atoms with E-state index in [2.05, 4.69) is 22.0 Å². The molecule has 1 aliphatic rings. The third-order valence-electron chi connectivity index (χ3n) is 3.60. The van der Waals surface area contributed by atoms with Gasteiger partial charge in [0.15, 0.2) is 0 Å². The molecule has 0 radical (unpaired) electrons. The molecule has 0 spiro atoms. The van der Waals surface area contributed by atoms with Crippen LogP contribution in [-0.2, 0) is 0 Å². The van der Waals surface area contributed by atoms with Crippen LogP contribution in [-0.4, -0.2) is 39.0 Å². The number of piperidine rings is 1. The molecule has 104 valence electrons. The summed E-state index contributed by atoms with van der Waals surface area (Å²) >= 11 is 0. The Morgan fingerprint density at radius 3 is 2.90 bits per heavy atom. The van der Waals surface area contributed by atoms with Gasteiger partial charge in [-0.2, -0.15) is 4.98 Å². The zero-order chi connectivity index (χ0) is 13.9. The SMILES string of the molecule is CC1CCN(C(=O)c2noc(-c3cccnc3)n2)CC1. The predicted octanol–water partition coefficient (Wildman–Crippen LogP) is 2.00. The van der Waals surface area contributed by atoms with E-state index >= 15 is 0 Å². The molecule has 0 N–H and O–H groups in total. The number of aromatic nitrogens is 3. The highest BCUT2D eigenvalue weighted by Crippen LogP contribution is 2.19. The van der Waals surface area contributed by atoms with Crippen molar-refractivity contribution in [3.63, 3.8) is 0 Å². The number of rotatable bonds is 2. The molecule has 1 aliphatic heterocycles. The maximum absolute atomic E-state index is 12.3. The number of pyridine rings is 1. The molecule has 2 aromatic heterocycles. The predicted molar refractivity (Wildman–Crippen MR) is 71.8 cm³/mol. The van der Waals surface area contributed by atoms with E-state index in [-0.39, 0.29) is 11.7 Å². The molecular formula is C14H16N4O2. The van der Waals surface area contributed by atoms with Crippen LogP contribution in [0.5, 0.6) is 0 Å². The topological polar surface area (TPSA) is 72.1 Å². The van der Waals surface area contributed by atoms with E-state index in [9.17, 15) is 4.79 Å². The van der Waals surface area contributed by atoms with Gasteiger partial charge < -0.3 is 9.42 Å². The van der Waals surface area contributed by atoms with Crippen molar-refractivity contribution in [3.8, 4) is 11.5 Å². The van der Waals surface area contributed by atoms with E-state index in [0.29, 0.717) is 17.4 Å². The summed E-state index contributed by atoms with van der Waals surface area (Å²) in [7, 11) is 0. The standard InChI is InChI=1S/C14H16N4O2/c1-10-4-7-18(8-5-10)14(19)12-16-13(20-17-12)11-3-2-6-15-9-11/h2-3,6,9-10H,4-5,7-8H2,1H3. The molecular weight excluding hydrogens is 256 g/mol. The second kappa shape index (κ2) is 5.40. The zero-order valence-electron chi connectivity index (χ0n) is 11.3. The molecule has 1 amide bonds. The van der Waals surface area contributed by atoms with Crippen molar-refractivity contribution in [2.45, 2.75) is 19.8 Å². The van der Waals surface area contributed by atoms with Gasteiger partial charge in [-0.15, -0.1) is 0 Å². The lowest BCUT2D eigenvalue weighted by molar-refractivity contribution is 0.0681. The van der Waals surface area contributed by atoms with E-state index in [1.165, 1.54) is 0 Å². The van der Waals surface area contributed by atoms with Gasteiger partial charge in [-0.05, 0) is 30.9 Å². The number of hydrogen-bond acceptors (Lipinski definition) is 5. The largest absolute Gasteiger partial charge is 0.336 e. The number of carbonyl (C=O) groups excluding carboxylic acids is 1. The molecule has 0 bridgehead atoms. The van der Waals surface area contributed by atoms with Crippen LogP contribution >= 0.6 is 0 Å². The van der Waals surface area contributed by atoms with Crippen molar-refractivity contribution >= 4 is 5.91 Å². The molecule has 3 heterocycles. The Bertz CT molecular complexity index is 588. The summed E-state index contributed by atoms with van der Waals surface area (Å²) in [5.41, 5.74) is 0.714. The van der Waals surface area contributed by atoms with Gasteiger partial charge in [0.25, 0.3) is 17.6 Å². The Labute approximate surface area is 116 Å². The highest BCUT2D eigenvalue weighted by Gasteiger charge is 2.25. The fourth-order valence-electron chi connectivity index (χ4n) is 2.27. The second-order valence-corrected chi connectivity index (χ2v) is 5.14. The zero-order valence-corrected chi connectivity index (χ0v) is 11.3. The average Bonchev–Trinajstić information content (AvgIpc) is 2.98. The number of hydrogen-bond donors (Lipinski definition) is 0. The lowest BCUT2D eigenvalue weighted by Gasteiger charge is -2.29. The Morgan fingerprint density at radius 1 is 1.40 bits per heavy atom. The van der Waals surface area contributed by atoms with Gasteiger partial charge in [0.1, 0.15) is 0 Å².